The third kappa shape index (κ3) is 5.96. The minimum absolute atomic E-state index is 0.0374. The van der Waals surface area contributed by atoms with Gasteiger partial charge in [-0.3, -0.25) is 14.2 Å². The van der Waals surface area contributed by atoms with Crippen LogP contribution in [0.2, 0.25) is 5.15 Å². The Morgan fingerprint density at radius 1 is 1.21 bits per heavy atom. The second-order valence-electron chi connectivity index (χ2n) is 8.12. The fourth-order valence-electron chi connectivity index (χ4n) is 3.39. The number of nitrogens with two attached hydrogens (primary N) is 1. The summed E-state index contributed by atoms with van der Waals surface area (Å²) in [5.41, 5.74) is 9.35. The molecule has 0 fully saturated rings. The van der Waals surface area contributed by atoms with Crippen LogP contribution in [0.1, 0.15) is 25.0 Å². The summed E-state index contributed by atoms with van der Waals surface area (Å²) in [5, 5.41) is 9.06. The van der Waals surface area contributed by atoms with Gasteiger partial charge in [-0.1, -0.05) is 54.6 Å². The molecule has 178 valence electrons. The van der Waals surface area contributed by atoms with Crippen molar-refractivity contribution in [3.63, 3.8) is 0 Å². The highest BCUT2D eigenvalue weighted by atomic mass is 35.5. The summed E-state index contributed by atoms with van der Waals surface area (Å²) >= 11 is 6.54. The molecule has 0 aliphatic rings. The molecular weight excluding hydrogens is 452 g/mol. The molecule has 5 N–H and O–H groups in total. The van der Waals surface area contributed by atoms with Gasteiger partial charge in [0.15, 0.2) is 11.0 Å². The largest absolute Gasteiger partial charge is 0.399 e. The van der Waals surface area contributed by atoms with Crippen LogP contribution in [-0.4, -0.2) is 28.5 Å². The van der Waals surface area contributed by atoms with Crippen molar-refractivity contribution in [2.24, 2.45) is 5.73 Å². The molecule has 9 heteroatoms. The van der Waals surface area contributed by atoms with E-state index in [1.54, 1.807) is 7.05 Å². The summed E-state index contributed by atoms with van der Waals surface area (Å²) in [5.74, 6) is -0.239. The normalized spacial score (nSPS) is 10.7. The first-order valence-corrected chi connectivity index (χ1v) is 11.2. The quantitative estimate of drug-likeness (QED) is 0.371. The van der Waals surface area contributed by atoms with E-state index in [1.807, 2.05) is 62.4 Å². The van der Waals surface area contributed by atoms with Gasteiger partial charge in [0, 0.05) is 36.6 Å². The number of carbonyl (C=O) groups excluding carboxylic acids is 1. The van der Waals surface area contributed by atoms with Gasteiger partial charge in [0.1, 0.15) is 6.54 Å². The number of hydrogen-bond donors (Lipinski definition) is 4. The Labute approximate surface area is 203 Å². The van der Waals surface area contributed by atoms with E-state index in [0.29, 0.717) is 23.5 Å². The minimum atomic E-state index is -0.427. The fourth-order valence-corrected chi connectivity index (χ4v) is 3.69. The standard InChI is InChI=1S/C25H29ClN6O2/c1-15(2)30-24-25(34)32(22(23(26)31-24)19-6-5-7-20(12-19)28-4)14-21(33)29-13-17-8-10-18(11-9-17)16(3)27/h5-12,15,28H,3,13-14,27H2,1-2,4H3,(H,29,33)(H,30,31). The first-order valence-electron chi connectivity index (χ1n) is 10.8. The first kappa shape index (κ1) is 24.9. The number of benzene rings is 2. The topological polar surface area (TPSA) is 114 Å². The average molecular weight is 481 g/mol. The van der Waals surface area contributed by atoms with Crippen molar-refractivity contribution in [3.8, 4) is 11.3 Å². The maximum Gasteiger partial charge on any atom is 0.294 e. The summed E-state index contributed by atoms with van der Waals surface area (Å²) in [6.07, 6.45) is 0. The van der Waals surface area contributed by atoms with Crippen LogP contribution in [-0.2, 0) is 17.9 Å². The summed E-state index contributed by atoms with van der Waals surface area (Å²) < 4.78 is 1.35. The van der Waals surface area contributed by atoms with Crippen molar-refractivity contribution in [3.05, 3.63) is 81.7 Å². The number of anilines is 2. The second-order valence-corrected chi connectivity index (χ2v) is 8.48. The lowest BCUT2D eigenvalue weighted by molar-refractivity contribution is -0.121. The van der Waals surface area contributed by atoms with Crippen molar-refractivity contribution in [2.45, 2.75) is 33.0 Å². The molecule has 2 aromatic carbocycles. The van der Waals surface area contributed by atoms with Gasteiger partial charge in [0.2, 0.25) is 5.91 Å². The number of carbonyl (C=O) groups is 1. The Balaban J connectivity index is 1.92. The number of nitrogens with one attached hydrogen (secondary N) is 3. The molecule has 1 heterocycles. The lowest BCUT2D eigenvalue weighted by atomic mass is 10.1. The molecular formula is C25H29ClN6O2. The lowest BCUT2D eigenvalue weighted by Gasteiger charge is -2.18. The summed E-state index contributed by atoms with van der Waals surface area (Å²) in [6.45, 7) is 7.57. The Bertz CT molecular complexity index is 1250. The average Bonchev–Trinajstić information content (AvgIpc) is 2.80. The van der Waals surface area contributed by atoms with Crippen LogP contribution < -0.4 is 27.2 Å². The Hall–Kier alpha value is -3.78. The van der Waals surface area contributed by atoms with Crippen molar-refractivity contribution in [1.29, 1.82) is 0 Å². The van der Waals surface area contributed by atoms with Gasteiger partial charge in [-0.15, -0.1) is 0 Å². The van der Waals surface area contributed by atoms with E-state index in [9.17, 15) is 9.59 Å². The maximum absolute atomic E-state index is 13.3. The van der Waals surface area contributed by atoms with Gasteiger partial charge >= 0.3 is 0 Å². The Kier molecular flexibility index (Phi) is 7.96. The van der Waals surface area contributed by atoms with Gasteiger partial charge < -0.3 is 21.7 Å². The van der Waals surface area contributed by atoms with Crippen LogP contribution in [0.3, 0.4) is 0 Å². The molecule has 0 bridgehead atoms. The number of halogens is 1. The number of hydrogen-bond acceptors (Lipinski definition) is 6. The van der Waals surface area contributed by atoms with Crippen LogP contribution in [0.25, 0.3) is 17.0 Å². The zero-order valence-corrected chi connectivity index (χ0v) is 20.2. The summed E-state index contributed by atoms with van der Waals surface area (Å²) in [4.78, 5) is 30.4. The third-order valence-electron chi connectivity index (χ3n) is 5.09. The number of rotatable bonds is 9. The molecule has 0 spiro atoms. The van der Waals surface area contributed by atoms with Crippen molar-refractivity contribution < 1.29 is 4.79 Å². The van der Waals surface area contributed by atoms with Gasteiger partial charge in [-0.2, -0.15) is 0 Å². The van der Waals surface area contributed by atoms with Crippen molar-refractivity contribution in [1.82, 2.24) is 14.9 Å². The molecule has 0 aliphatic heterocycles. The molecule has 3 rings (SSSR count). The molecule has 1 amide bonds. The highest BCUT2D eigenvalue weighted by molar-refractivity contribution is 6.32. The van der Waals surface area contributed by atoms with Crippen molar-refractivity contribution >= 4 is 34.7 Å². The highest BCUT2D eigenvalue weighted by Gasteiger charge is 2.20. The highest BCUT2D eigenvalue weighted by Crippen LogP contribution is 2.28. The van der Waals surface area contributed by atoms with Crippen LogP contribution in [0.15, 0.2) is 59.9 Å². The van der Waals surface area contributed by atoms with Crippen molar-refractivity contribution in [2.75, 3.05) is 17.7 Å². The molecule has 0 unspecified atom stereocenters. The predicted octanol–water partition coefficient (Wildman–Crippen LogP) is 3.67. The number of amides is 1. The Morgan fingerprint density at radius 3 is 2.53 bits per heavy atom. The van der Waals surface area contributed by atoms with E-state index in [0.717, 1.165) is 16.8 Å². The van der Waals surface area contributed by atoms with Gasteiger partial charge in [0.25, 0.3) is 5.56 Å². The second kappa shape index (κ2) is 10.9. The predicted molar refractivity (Wildman–Crippen MR) is 139 cm³/mol. The first-order chi connectivity index (χ1) is 16.2. The smallest absolute Gasteiger partial charge is 0.294 e. The maximum atomic E-state index is 13.3. The zero-order chi connectivity index (χ0) is 24.8. The molecule has 0 aliphatic carbocycles. The molecule has 0 atom stereocenters. The van der Waals surface area contributed by atoms with E-state index >= 15 is 0 Å². The van der Waals surface area contributed by atoms with E-state index in [1.165, 1.54) is 4.57 Å². The third-order valence-corrected chi connectivity index (χ3v) is 5.35. The SMILES string of the molecule is C=C(N)c1ccc(CNC(=O)Cn2c(-c3cccc(NC)c3)c(Cl)nc(NC(C)C)c2=O)cc1. The molecule has 1 aromatic heterocycles. The van der Waals surface area contributed by atoms with E-state index in [2.05, 4.69) is 27.5 Å². The molecule has 0 radical (unpaired) electrons. The number of nitrogens with zero attached hydrogens (tertiary/aromatic N) is 2. The van der Waals surface area contributed by atoms with Crippen LogP contribution >= 0.6 is 11.6 Å². The molecule has 3 aromatic rings. The molecule has 0 saturated carbocycles. The van der Waals surface area contributed by atoms with Gasteiger partial charge in [-0.25, -0.2) is 4.98 Å². The zero-order valence-electron chi connectivity index (χ0n) is 19.5. The Morgan fingerprint density at radius 2 is 1.91 bits per heavy atom. The van der Waals surface area contributed by atoms with Crippen LogP contribution in [0, 0.1) is 0 Å². The summed E-state index contributed by atoms with van der Waals surface area (Å²) in [6, 6.07) is 14.8. The van der Waals surface area contributed by atoms with Gasteiger partial charge in [-0.05, 0) is 37.1 Å². The minimum Gasteiger partial charge on any atom is -0.399 e. The molecule has 8 nitrogen and oxygen atoms in total. The van der Waals surface area contributed by atoms with Crippen LogP contribution in [0.5, 0.6) is 0 Å². The van der Waals surface area contributed by atoms with E-state index in [4.69, 9.17) is 17.3 Å². The van der Waals surface area contributed by atoms with Gasteiger partial charge in [0.05, 0.1) is 5.69 Å². The lowest BCUT2D eigenvalue weighted by Crippen LogP contribution is -2.35. The summed E-state index contributed by atoms with van der Waals surface area (Å²) in [7, 11) is 1.80. The van der Waals surface area contributed by atoms with E-state index < -0.39 is 5.56 Å². The molecule has 0 saturated heterocycles. The monoisotopic (exact) mass is 480 g/mol. The van der Waals surface area contributed by atoms with E-state index in [-0.39, 0.29) is 29.5 Å². The number of aromatic nitrogens is 2. The fraction of sp³-hybridized carbons (Fsp3) is 0.240. The van der Waals surface area contributed by atoms with Crippen LogP contribution in [0.4, 0.5) is 11.5 Å². The molecule has 34 heavy (non-hydrogen) atoms.